The van der Waals surface area contributed by atoms with E-state index in [9.17, 15) is 9.18 Å². The van der Waals surface area contributed by atoms with Crippen molar-refractivity contribution in [1.82, 2.24) is 14.5 Å². The van der Waals surface area contributed by atoms with E-state index in [1.807, 2.05) is 12.1 Å². The van der Waals surface area contributed by atoms with Crippen LogP contribution < -0.4 is 0 Å². The fraction of sp³-hybridized carbons (Fsp3) is 0.238. The molecule has 0 unspecified atom stereocenters. The minimum absolute atomic E-state index is 0.0996. The molecule has 0 radical (unpaired) electrons. The first-order valence-electron chi connectivity index (χ1n) is 8.84. The van der Waals surface area contributed by atoms with Gasteiger partial charge in [-0.25, -0.2) is 9.37 Å². The fourth-order valence-corrected chi connectivity index (χ4v) is 3.50. The van der Waals surface area contributed by atoms with Crippen LogP contribution in [0.15, 0.2) is 59.6 Å². The topological polar surface area (TPSA) is 38.1 Å². The fourth-order valence-electron chi connectivity index (χ4n) is 3.10. The van der Waals surface area contributed by atoms with Gasteiger partial charge in [-0.3, -0.25) is 4.79 Å². The quantitative estimate of drug-likeness (QED) is 0.485. The zero-order valence-corrected chi connectivity index (χ0v) is 16.7. The molecule has 0 aliphatic heterocycles. The van der Waals surface area contributed by atoms with E-state index in [4.69, 9.17) is 0 Å². The maximum absolute atomic E-state index is 13.6. The van der Waals surface area contributed by atoms with Crippen LogP contribution in [0, 0.1) is 5.82 Å². The molecule has 1 aromatic heterocycles. The van der Waals surface area contributed by atoms with Crippen molar-refractivity contribution in [2.75, 3.05) is 6.54 Å². The maximum Gasteiger partial charge on any atom is 0.254 e. The van der Waals surface area contributed by atoms with E-state index < -0.39 is 0 Å². The minimum Gasteiger partial charge on any atom is -0.327 e. The highest BCUT2D eigenvalue weighted by Crippen LogP contribution is 2.21. The van der Waals surface area contributed by atoms with Crippen LogP contribution in [0.2, 0.25) is 0 Å². The third-order valence-electron chi connectivity index (χ3n) is 4.28. The highest BCUT2D eigenvalue weighted by Gasteiger charge is 2.19. The maximum atomic E-state index is 13.6. The molecule has 1 heterocycles. The van der Waals surface area contributed by atoms with Gasteiger partial charge in [0.15, 0.2) is 0 Å². The summed E-state index contributed by atoms with van der Waals surface area (Å²) in [6.07, 6.45) is 2.61. The van der Waals surface area contributed by atoms with E-state index in [1.165, 1.54) is 12.1 Å². The first-order chi connectivity index (χ1) is 13.0. The molecule has 0 spiro atoms. The minimum atomic E-state index is -0.316. The van der Waals surface area contributed by atoms with Gasteiger partial charge in [-0.2, -0.15) is 0 Å². The van der Waals surface area contributed by atoms with Crippen LogP contribution in [-0.2, 0) is 13.1 Å². The van der Waals surface area contributed by atoms with Gasteiger partial charge in [-0.05, 0) is 36.8 Å². The number of halogens is 2. The molecular weight excluding hydrogens is 409 g/mol. The molecule has 0 saturated heterocycles. The van der Waals surface area contributed by atoms with Gasteiger partial charge in [0.2, 0.25) is 0 Å². The Balaban J connectivity index is 1.97. The molecule has 0 bridgehead atoms. The summed E-state index contributed by atoms with van der Waals surface area (Å²) in [6.45, 7) is 7.32. The number of hydrogen-bond acceptors (Lipinski definition) is 2. The van der Waals surface area contributed by atoms with Crippen LogP contribution >= 0.6 is 15.9 Å². The number of rotatable bonds is 7. The average Bonchev–Trinajstić information content (AvgIpc) is 2.97. The highest BCUT2D eigenvalue weighted by molar-refractivity contribution is 9.10. The van der Waals surface area contributed by atoms with Gasteiger partial charge in [0.25, 0.3) is 5.91 Å². The molecule has 0 saturated carbocycles. The Kier molecular flexibility index (Phi) is 6.06. The van der Waals surface area contributed by atoms with Crippen LogP contribution in [0.3, 0.4) is 0 Å². The number of carbonyl (C=O) groups is 1. The van der Waals surface area contributed by atoms with Crippen LogP contribution in [0.1, 0.15) is 29.5 Å². The number of benzene rings is 2. The number of fused-ring (bicyclic) bond motifs is 1. The highest BCUT2D eigenvalue weighted by atomic mass is 79.9. The van der Waals surface area contributed by atoms with Gasteiger partial charge in [0, 0.05) is 29.2 Å². The van der Waals surface area contributed by atoms with Crippen LogP contribution in [0.4, 0.5) is 4.39 Å². The van der Waals surface area contributed by atoms with E-state index in [-0.39, 0.29) is 11.7 Å². The largest absolute Gasteiger partial charge is 0.327 e. The molecule has 0 N–H and O–H groups in total. The molecule has 27 heavy (non-hydrogen) atoms. The molecule has 0 aliphatic rings. The van der Waals surface area contributed by atoms with Gasteiger partial charge >= 0.3 is 0 Å². The number of nitrogens with zero attached hydrogens (tertiary/aromatic N) is 3. The molecular formula is C21H21BrFN3O. The first-order valence-corrected chi connectivity index (χ1v) is 9.63. The van der Waals surface area contributed by atoms with Crippen LogP contribution in [0.5, 0.6) is 0 Å². The third-order valence-corrected chi connectivity index (χ3v) is 4.77. The number of aryl methyl sites for hydroxylation is 1. The second-order valence-corrected chi connectivity index (χ2v) is 7.21. The molecule has 0 atom stereocenters. The number of hydrogen-bond donors (Lipinski definition) is 0. The second kappa shape index (κ2) is 8.48. The lowest BCUT2D eigenvalue weighted by molar-refractivity contribution is 0.0757. The predicted molar refractivity (Wildman–Crippen MR) is 109 cm³/mol. The van der Waals surface area contributed by atoms with E-state index >= 15 is 0 Å². The SMILES string of the molecule is C=CCN(Cc1nc2cc(F)ccc2n1CCC)C(=O)c1cccc(Br)c1. The van der Waals surface area contributed by atoms with Gasteiger partial charge in [0.1, 0.15) is 11.6 Å². The molecule has 2 aromatic carbocycles. The molecule has 3 aromatic rings. The lowest BCUT2D eigenvalue weighted by atomic mass is 10.2. The van der Waals surface area contributed by atoms with E-state index in [1.54, 1.807) is 29.2 Å². The molecule has 0 fully saturated rings. The first kappa shape index (κ1) is 19.3. The van der Waals surface area contributed by atoms with Crippen molar-refractivity contribution in [3.05, 3.63) is 76.8 Å². The van der Waals surface area contributed by atoms with Gasteiger partial charge in [-0.15, -0.1) is 6.58 Å². The average molecular weight is 430 g/mol. The Morgan fingerprint density at radius 2 is 2.15 bits per heavy atom. The van der Waals surface area contributed by atoms with Gasteiger partial charge in [0.05, 0.1) is 17.6 Å². The Hall–Kier alpha value is -2.47. The number of imidazole rings is 1. The summed E-state index contributed by atoms with van der Waals surface area (Å²) in [5, 5.41) is 0. The van der Waals surface area contributed by atoms with Gasteiger partial charge < -0.3 is 9.47 Å². The third kappa shape index (κ3) is 4.27. The molecule has 4 nitrogen and oxygen atoms in total. The van der Waals surface area contributed by atoms with Crippen molar-refractivity contribution in [1.29, 1.82) is 0 Å². The summed E-state index contributed by atoms with van der Waals surface area (Å²) in [7, 11) is 0. The summed E-state index contributed by atoms with van der Waals surface area (Å²) in [5.41, 5.74) is 2.07. The van der Waals surface area contributed by atoms with E-state index in [0.717, 1.165) is 28.8 Å². The van der Waals surface area contributed by atoms with Gasteiger partial charge in [-0.1, -0.05) is 35.0 Å². The van der Waals surface area contributed by atoms with Crippen LogP contribution in [0.25, 0.3) is 11.0 Å². The van der Waals surface area contributed by atoms with Crippen molar-refractivity contribution in [3.63, 3.8) is 0 Å². The Morgan fingerprint density at radius 3 is 2.85 bits per heavy atom. The molecule has 0 aliphatic carbocycles. The standard InChI is InChI=1S/C21H21BrFN3O/c1-3-10-25(21(27)15-6-5-7-16(22)12-15)14-20-24-18-13-17(23)8-9-19(18)26(20)11-4-2/h3,5-9,12-13H,1,4,10-11,14H2,2H3. The molecule has 1 amide bonds. The second-order valence-electron chi connectivity index (χ2n) is 6.30. The van der Waals surface area contributed by atoms with Crippen molar-refractivity contribution in [2.24, 2.45) is 0 Å². The number of amides is 1. The lowest BCUT2D eigenvalue weighted by Gasteiger charge is -2.21. The normalized spacial score (nSPS) is 10.9. The number of carbonyl (C=O) groups excluding carboxylic acids is 1. The van der Waals surface area contributed by atoms with Crippen LogP contribution in [-0.4, -0.2) is 26.9 Å². The summed E-state index contributed by atoms with van der Waals surface area (Å²) in [4.78, 5) is 19.3. The zero-order valence-electron chi connectivity index (χ0n) is 15.2. The van der Waals surface area contributed by atoms with Crippen molar-refractivity contribution in [2.45, 2.75) is 26.4 Å². The number of aromatic nitrogens is 2. The molecule has 140 valence electrons. The predicted octanol–water partition coefficient (Wildman–Crippen LogP) is 5.18. The summed E-state index contributed by atoms with van der Waals surface area (Å²) < 4.78 is 16.5. The Morgan fingerprint density at radius 1 is 1.33 bits per heavy atom. The van der Waals surface area contributed by atoms with Crippen molar-refractivity contribution >= 4 is 32.9 Å². The zero-order chi connectivity index (χ0) is 19.4. The molecule has 3 rings (SSSR count). The molecule has 6 heteroatoms. The lowest BCUT2D eigenvalue weighted by Crippen LogP contribution is -2.32. The van der Waals surface area contributed by atoms with Crippen molar-refractivity contribution in [3.8, 4) is 0 Å². The monoisotopic (exact) mass is 429 g/mol. The van der Waals surface area contributed by atoms with Crippen molar-refractivity contribution < 1.29 is 9.18 Å². The Bertz CT molecular complexity index is 983. The summed E-state index contributed by atoms with van der Waals surface area (Å²) in [6, 6.07) is 11.9. The smallest absolute Gasteiger partial charge is 0.254 e. The van der Waals surface area contributed by atoms with E-state index in [2.05, 4.69) is 39.0 Å². The Labute approximate surface area is 166 Å². The van der Waals surface area contributed by atoms with E-state index in [0.29, 0.717) is 24.2 Å². The summed E-state index contributed by atoms with van der Waals surface area (Å²) >= 11 is 3.40. The summed E-state index contributed by atoms with van der Waals surface area (Å²) in [5.74, 6) is 0.323.